The lowest BCUT2D eigenvalue weighted by Crippen LogP contribution is -2.17. The van der Waals surface area contributed by atoms with Gasteiger partial charge < -0.3 is 14.8 Å². The number of ether oxygens (including phenoxy) is 2. The maximum atomic E-state index is 11.8. The molecule has 4 heteroatoms. The maximum Gasteiger partial charge on any atom is 0.251 e. The highest BCUT2D eigenvalue weighted by Crippen LogP contribution is 2.32. The van der Waals surface area contributed by atoms with Crippen LogP contribution in [-0.4, -0.2) is 26.7 Å². The summed E-state index contributed by atoms with van der Waals surface area (Å²) >= 11 is 0. The fourth-order valence-electron chi connectivity index (χ4n) is 2.50. The van der Waals surface area contributed by atoms with Gasteiger partial charge in [0.2, 0.25) is 0 Å². The maximum absolute atomic E-state index is 11.8. The fourth-order valence-corrected chi connectivity index (χ4v) is 2.50. The molecule has 23 heavy (non-hydrogen) atoms. The number of rotatable bonds is 6. The summed E-state index contributed by atoms with van der Waals surface area (Å²) in [6.45, 7) is 4.70. The van der Waals surface area contributed by atoms with Gasteiger partial charge in [-0.05, 0) is 43.2 Å². The van der Waals surface area contributed by atoms with E-state index in [4.69, 9.17) is 9.47 Å². The van der Waals surface area contributed by atoms with Gasteiger partial charge in [-0.2, -0.15) is 0 Å². The largest absolute Gasteiger partial charge is 0.496 e. The summed E-state index contributed by atoms with van der Waals surface area (Å²) in [5.41, 5.74) is 3.62. The van der Waals surface area contributed by atoms with E-state index in [1.54, 1.807) is 20.2 Å². The van der Waals surface area contributed by atoms with E-state index in [0.29, 0.717) is 12.2 Å². The van der Waals surface area contributed by atoms with Crippen LogP contribution in [0.1, 0.15) is 35.9 Å². The van der Waals surface area contributed by atoms with Gasteiger partial charge in [0.1, 0.15) is 5.75 Å². The minimum absolute atomic E-state index is 0.0631. The van der Waals surface area contributed by atoms with Crippen LogP contribution in [0.15, 0.2) is 42.5 Å². The highest BCUT2D eigenvalue weighted by molar-refractivity contribution is 5.96. The molecule has 0 spiro atoms. The van der Waals surface area contributed by atoms with Crippen LogP contribution in [0.4, 0.5) is 0 Å². The molecule has 122 valence electrons. The van der Waals surface area contributed by atoms with E-state index in [0.717, 1.165) is 22.4 Å². The Morgan fingerprint density at radius 2 is 1.87 bits per heavy atom. The zero-order valence-electron chi connectivity index (χ0n) is 14.1. The molecule has 0 unspecified atom stereocenters. The van der Waals surface area contributed by atoms with Gasteiger partial charge in [0.15, 0.2) is 0 Å². The molecule has 2 rings (SSSR count). The third-order valence-corrected chi connectivity index (χ3v) is 3.80. The number of hydrogen-bond acceptors (Lipinski definition) is 3. The van der Waals surface area contributed by atoms with Gasteiger partial charge in [0, 0.05) is 24.8 Å². The number of benzene rings is 2. The smallest absolute Gasteiger partial charge is 0.251 e. The van der Waals surface area contributed by atoms with E-state index >= 15 is 0 Å². The Kier molecular flexibility index (Phi) is 5.77. The zero-order chi connectivity index (χ0) is 16.8. The van der Waals surface area contributed by atoms with Crippen LogP contribution in [0.3, 0.4) is 0 Å². The molecular formula is C19H23NO3. The van der Waals surface area contributed by atoms with Crippen molar-refractivity contribution in [3.8, 4) is 16.9 Å². The van der Waals surface area contributed by atoms with Crippen molar-refractivity contribution in [2.75, 3.05) is 20.8 Å². The molecule has 2 aromatic rings. The molecular weight excluding hydrogens is 290 g/mol. The van der Waals surface area contributed by atoms with Crippen molar-refractivity contribution in [3.05, 3.63) is 53.6 Å². The topological polar surface area (TPSA) is 47.6 Å². The fraction of sp³-hybridized carbons (Fsp3) is 0.316. The Labute approximate surface area is 137 Å². The van der Waals surface area contributed by atoms with Gasteiger partial charge in [-0.15, -0.1) is 0 Å². The molecule has 0 aliphatic carbocycles. The molecule has 0 saturated heterocycles. The highest BCUT2D eigenvalue weighted by Gasteiger charge is 2.12. The second-order valence-electron chi connectivity index (χ2n) is 5.21. The zero-order valence-corrected chi connectivity index (χ0v) is 14.1. The first kappa shape index (κ1) is 17.0. The number of carbonyl (C=O) groups is 1. The van der Waals surface area contributed by atoms with E-state index in [2.05, 4.69) is 5.32 Å². The predicted molar refractivity (Wildman–Crippen MR) is 91.9 cm³/mol. The number of methoxy groups -OCH3 is 1. The molecule has 0 bridgehead atoms. The SMILES string of the molecule is CCO[C@@H](C)c1ccc(-c2cc(C(=O)NC)ccc2OC)cc1. The number of nitrogens with one attached hydrogen (secondary N) is 1. The van der Waals surface area contributed by atoms with Crippen molar-refractivity contribution in [2.24, 2.45) is 0 Å². The molecule has 0 aliphatic rings. The number of carbonyl (C=O) groups excluding carboxylic acids is 1. The van der Waals surface area contributed by atoms with Gasteiger partial charge in [-0.3, -0.25) is 4.79 Å². The molecule has 4 nitrogen and oxygen atoms in total. The average molecular weight is 313 g/mol. The Bertz CT molecular complexity index is 665. The van der Waals surface area contributed by atoms with Crippen LogP contribution in [0.25, 0.3) is 11.1 Å². The van der Waals surface area contributed by atoms with Gasteiger partial charge >= 0.3 is 0 Å². The lowest BCUT2D eigenvalue weighted by Gasteiger charge is -2.14. The molecule has 0 fully saturated rings. The van der Waals surface area contributed by atoms with Crippen molar-refractivity contribution in [2.45, 2.75) is 20.0 Å². The third-order valence-electron chi connectivity index (χ3n) is 3.80. The molecule has 1 atom stereocenters. The summed E-state index contributed by atoms with van der Waals surface area (Å²) in [4.78, 5) is 11.8. The van der Waals surface area contributed by atoms with Gasteiger partial charge in [0.05, 0.1) is 13.2 Å². The third kappa shape index (κ3) is 3.90. The minimum Gasteiger partial charge on any atom is -0.496 e. The Morgan fingerprint density at radius 1 is 1.17 bits per heavy atom. The average Bonchev–Trinajstić information content (AvgIpc) is 2.60. The molecule has 0 radical (unpaired) electrons. The second-order valence-corrected chi connectivity index (χ2v) is 5.21. The molecule has 2 aromatic carbocycles. The predicted octanol–water partition coefficient (Wildman–Crippen LogP) is 3.82. The monoisotopic (exact) mass is 313 g/mol. The highest BCUT2D eigenvalue weighted by atomic mass is 16.5. The lowest BCUT2D eigenvalue weighted by molar-refractivity contribution is 0.0764. The standard InChI is InChI=1S/C19H23NO3/c1-5-23-13(2)14-6-8-15(9-7-14)17-12-16(19(21)20-3)10-11-18(17)22-4/h6-13H,5H2,1-4H3,(H,20,21)/t13-/m0/s1. The van der Waals surface area contributed by atoms with Crippen LogP contribution in [0.5, 0.6) is 5.75 Å². The number of amides is 1. The van der Waals surface area contributed by atoms with E-state index in [9.17, 15) is 4.79 Å². The Hall–Kier alpha value is -2.33. The van der Waals surface area contributed by atoms with Crippen molar-refractivity contribution < 1.29 is 14.3 Å². The quantitative estimate of drug-likeness (QED) is 0.882. The van der Waals surface area contributed by atoms with Gasteiger partial charge in [-0.1, -0.05) is 24.3 Å². The van der Waals surface area contributed by atoms with Crippen molar-refractivity contribution in [1.82, 2.24) is 5.32 Å². The van der Waals surface area contributed by atoms with Crippen LogP contribution < -0.4 is 10.1 Å². The van der Waals surface area contributed by atoms with E-state index in [-0.39, 0.29) is 12.0 Å². The summed E-state index contributed by atoms with van der Waals surface area (Å²) in [5, 5.41) is 2.64. The summed E-state index contributed by atoms with van der Waals surface area (Å²) in [6, 6.07) is 13.6. The first-order valence-corrected chi connectivity index (χ1v) is 7.72. The Balaban J connectivity index is 2.38. The summed E-state index contributed by atoms with van der Waals surface area (Å²) in [6.07, 6.45) is 0.0631. The van der Waals surface area contributed by atoms with Crippen LogP contribution >= 0.6 is 0 Å². The lowest BCUT2D eigenvalue weighted by atomic mass is 9.99. The molecule has 0 saturated carbocycles. The minimum atomic E-state index is -0.115. The van der Waals surface area contributed by atoms with Crippen LogP contribution in [-0.2, 0) is 4.74 Å². The number of hydrogen-bond donors (Lipinski definition) is 1. The Morgan fingerprint density at radius 3 is 2.43 bits per heavy atom. The first-order chi connectivity index (χ1) is 11.1. The van der Waals surface area contributed by atoms with E-state index < -0.39 is 0 Å². The molecule has 1 amide bonds. The van der Waals surface area contributed by atoms with Gasteiger partial charge in [-0.25, -0.2) is 0 Å². The van der Waals surface area contributed by atoms with Gasteiger partial charge in [0.25, 0.3) is 5.91 Å². The van der Waals surface area contributed by atoms with Crippen LogP contribution in [0, 0.1) is 0 Å². The van der Waals surface area contributed by atoms with Crippen molar-refractivity contribution >= 4 is 5.91 Å². The molecule has 0 heterocycles. The van der Waals surface area contributed by atoms with Crippen LogP contribution in [0.2, 0.25) is 0 Å². The summed E-state index contributed by atoms with van der Waals surface area (Å²) in [7, 11) is 3.25. The summed E-state index contributed by atoms with van der Waals surface area (Å²) in [5.74, 6) is 0.624. The van der Waals surface area contributed by atoms with E-state index in [1.807, 2.05) is 50.2 Å². The molecule has 0 aliphatic heterocycles. The molecule has 0 aromatic heterocycles. The first-order valence-electron chi connectivity index (χ1n) is 7.72. The molecule has 1 N–H and O–H groups in total. The normalized spacial score (nSPS) is 11.8. The van der Waals surface area contributed by atoms with Crippen molar-refractivity contribution in [1.29, 1.82) is 0 Å². The summed E-state index contributed by atoms with van der Waals surface area (Å²) < 4.78 is 11.0. The van der Waals surface area contributed by atoms with Crippen molar-refractivity contribution in [3.63, 3.8) is 0 Å². The van der Waals surface area contributed by atoms with E-state index in [1.165, 1.54) is 0 Å². The second kappa shape index (κ2) is 7.79.